The third kappa shape index (κ3) is 4.29. The highest BCUT2D eigenvalue weighted by Crippen LogP contribution is 2.13. The molecule has 0 saturated heterocycles. The van der Waals surface area contributed by atoms with Crippen molar-refractivity contribution in [3.05, 3.63) is 60.0 Å². The molecule has 148 valence electrons. The van der Waals surface area contributed by atoms with Crippen LogP contribution in [-0.4, -0.2) is 54.4 Å². The van der Waals surface area contributed by atoms with Gasteiger partial charge in [-0.15, -0.1) is 10.2 Å². The minimum atomic E-state index is -3.42. The summed E-state index contributed by atoms with van der Waals surface area (Å²) >= 11 is 0. The molecule has 3 rings (SSSR count). The summed E-state index contributed by atoms with van der Waals surface area (Å²) in [5.41, 5.74) is 1.73. The highest BCUT2D eigenvalue weighted by molar-refractivity contribution is 7.89. The Balaban J connectivity index is 1.58. The quantitative estimate of drug-likeness (QED) is 0.469. The Morgan fingerprint density at radius 3 is 2.46 bits per heavy atom. The van der Waals surface area contributed by atoms with Crippen molar-refractivity contribution in [3.63, 3.8) is 0 Å². The number of guanidine groups is 1. The summed E-state index contributed by atoms with van der Waals surface area (Å²) in [6, 6.07) is 12.5. The van der Waals surface area contributed by atoms with E-state index in [1.54, 1.807) is 31.3 Å². The van der Waals surface area contributed by atoms with Gasteiger partial charge in [0.15, 0.2) is 17.4 Å². The van der Waals surface area contributed by atoms with Crippen LogP contribution in [0.4, 0.5) is 0 Å². The van der Waals surface area contributed by atoms with E-state index >= 15 is 0 Å². The molecule has 2 heterocycles. The number of benzene rings is 1. The van der Waals surface area contributed by atoms with Gasteiger partial charge in [0.2, 0.25) is 10.0 Å². The van der Waals surface area contributed by atoms with E-state index in [1.807, 2.05) is 28.8 Å². The summed E-state index contributed by atoms with van der Waals surface area (Å²) in [5.74, 6) is 1.38. The third-order valence-electron chi connectivity index (χ3n) is 4.18. The van der Waals surface area contributed by atoms with E-state index in [9.17, 15) is 8.42 Å². The average Bonchev–Trinajstić information content (AvgIpc) is 3.11. The topological polar surface area (TPSA) is 104 Å². The number of hydrogen-bond acceptors (Lipinski definition) is 5. The lowest BCUT2D eigenvalue weighted by molar-refractivity contribution is 0.520. The predicted octanol–water partition coefficient (Wildman–Crippen LogP) is 0.845. The summed E-state index contributed by atoms with van der Waals surface area (Å²) in [5, 5.41) is 14.7. The van der Waals surface area contributed by atoms with E-state index in [-0.39, 0.29) is 4.90 Å². The molecule has 0 aliphatic carbocycles. The van der Waals surface area contributed by atoms with Crippen molar-refractivity contribution in [2.45, 2.75) is 18.0 Å². The molecule has 0 amide bonds. The Hall–Kier alpha value is -2.98. The zero-order chi connectivity index (χ0) is 20.1. The van der Waals surface area contributed by atoms with Crippen LogP contribution < -0.4 is 10.6 Å². The first-order valence-corrected chi connectivity index (χ1v) is 10.1. The molecule has 0 bridgehead atoms. The second-order valence-corrected chi connectivity index (χ2v) is 8.41. The highest BCUT2D eigenvalue weighted by atomic mass is 32.2. The van der Waals surface area contributed by atoms with Crippen molar-refractivity contribution < 1.29 is 8.42 Å². The van der Waals surface area contributed by atoms with Crippen molar-refractivity contribution in [3.8, 4) is 0 Å². The second-order valence-electron chi connectivity index (χ2n) is 6.26. The van der Waals surface area contributed by atoms with Crippen molar-refractivity contribution in [1.82, 2.24) is 29.5 Å². The molecule has 0 saturated carbocycles. The van der Waals surface area contributed by atoms with E-state index in [2.05, 4.69) is 25.8 Å². The fourth-order valence-corrected chi connectivity index (χ4v) is 3.47. The molecule has 9 nitrogen and oxygen atoms in total. The van der Waals surface area contributed by atoms with Crippen molar-refractivity contribution in [2.75, 3.05) is 21.1 Å². The molecule has 0 atom stereocenters. The van der Waals surface area contributed by atoms with Gasteiger partial charge in [0.25, 0.3) is 0 Å². The second kappa shape index (κ2) is 8.36. The summed E-state index contributed by atoms with van der Waals surface area (Å²) in [6.45, 7) is 0.966. The number of rotatable bonds is 6. The van der Waals surface area contributed by atoms with E-state index in [0.29, 0.717) is 19.0 Å². The first-order valence-electron chi connectivity index (χ1n) is 8.66. The van der Waals surface area contributed by atoms with Gasteiger partial charge >= 0.3 is 0 Å². The number of nitrogens with zero attached hydrogens (tertiary/aromatic N) is 5. The maximum absolute atomic E-state index is 12.1. The minimum Gasteiger partial charge on any atom is -0.352 e. The van der Waals surface area contributed by atoms with Crippen LogP contribution in [-0.2, 0) is 23.1 Å². The summed E-state index contributed by atoms with van der Waals surface area (Å²) < 4.78 is 27.3. The maximum atomic E-state index is 12.1. The molecule has 0 fully saturated rings. The Kier molecular flexibility index (Phi) is 5.90. The summed E-state index contributed by atoms with van der Waals surface area (Å²) in [6.07, 6.45) is 1.91. The van der Waals surface area contributed by atoms with Gasteiger partial charge in [-0.2, -0.15) is 0 Å². The van der Waals surface area contributed by atoms with E-state index in [0.717, 1.165) is 17.0 Å². The van der Waals surface area contributed by atoms with Gasteiger partial charge in [0, 0.05) is 33.9 Å². The lowest BCUT2D eigenvalue weighted by atomic mass is 10.2. The Morgan fingerprint density at radius 1 is 1.07 bits per heavy atom. The number of aromatic nitrogens is 3. The third-order valence-corrected chi connectivity index (χ3v) is 6.01. The van der Waals surface area contributed by atoms with Crippen LogP contribution in [0.1, 0.15) is 11.4 Å². The first kappa shape index (κ1) is 19.8. The van der Waals surface area contributed by atoms with Crippen molar-refractivity contribution in [1.29, 1.82) is 0 Å². The molecule has 2 N–H and O–H groups in total. The molecule has 10 heteroatoms. The van der Waals surface area contributed by atoms with Crippen LogP contribution in [0.15, 0.2) is 58.5 Å². The summed E-state index contributed by atoms with van der Waals surface area (Å²) in [7, 11) is 1.29. The van der Waals surface area contributed by atoms with Gasteiger partial charge in [-0.3, -0.25) is 9.39 Å². The number of aliphatic imine (C=N–C) groups is 1. The zero-order valence-corrected chi connectivity index (χ0v) is 16.8. The molecular formula is C18H23N7O2S. The van der Waals surface area contributed by atoms with Crippen LogP contribution in [0.5, 0.6) is 0 Å². The van der Waals surface area contributed by atoms with Gasteiger partial charge < -0.3 is 10.6 Å². The molecule has 2 aromatic heterocycles. The monoisotopic (exact) mass is 401 g/mol. The van der Waals surface area contributed by atoms with Crippen molar-refractivity contribution in [2.24, 2.45) is 4.99 Å². The average molecular weight is 401 g/mol. The van der Waals surface area contributed by atoms with Crippen LogP contribution in [0.25, 0.3) is 5.65 Å². The lowest BCUT2D eigenvalue weighted by Crippen LogP contribution is -2.36. The van der Waals surface area contributed by atoms with Crippen LogP contribution in [0.2, 0.25) is 0 Å². The largest absolute Gasteiger partial charge is 0.352 e. The van der Waals surface area contributed by atoms with Gasteiger partial charge in [-0.1, -0.05) is 18.2 Å². The zero-order valence-electron chi connectivity index (χ0n) is 16.0. The molecule has 0 aliphatic rings. The van der Waals surface area contributed by atoms with Gasteiger partial charge in [-0.25, -0.2) is 12.7 Å². The fraction of sp³-hybridized carbons (Fsp3) is 0.278. The predicted molar refractivity (Wildman–Crippen MR) is 107 cm³/mol. The van der Waals surface area contributed by atoms with Crippen LogP contribution in [0.3, 0.4) is 0 Å². The molecule has 28 heavy (non-hydrogen) atoms. The van der Waals surface area contributed by atoms with Gasteiger partial charge in [0.1, 0.15) is 0 Å². The molecule has 0 spiro atoms. The molecule has 0 radical (unpaired) electrons. The van der Waals surface area contributed by atoms with Gasteiger partial charge in [0.05, 0.1) is 11.4 Å². The number of nitrogens with one attached hydrogen (secondary N) is 2. The number of hydrogen-bond donors (Lipinski definition) is 2. The number of sulfonamides is 1. The SMILES string of the molecule is CN=C(NCc1ccc(S(=O)(=O)N(C)C)cc1)NCc1nnc2ccccn12. The lowest BCUT2D eigenvalue weighted by Gasteiger charge is -2.13. The van der Waals surface area contributed by atoms with Crippen LogP contribution >= 0.6 is 0 Å². The first-order chi connectivity index (χ1) is 13.4. The Morgan fingerprint density at radius 2 is 1.79 bits per heavy atom. The van der Waals surface area contributed by atoms with Crippen LogP contribution in [0, 0.1) is 0 Å². The van der Waals surface area contributed by atoms with E-state index < -0.39 is 10.0 Å². The Bertz CT molecular complexity index is 1070. The molecule has 1 aromatic carbocycles. The van der Waals surface area contributed by atoms with Crippen molar-refractivity contribution >= 4 is 21.6 Å². The molecular weight excluding hydrogens is 378 g/mol. The van der Waals surface area contributed by atoms with E-state index in [1.165, 1.54) is 18.4 Å². The Labute approximate surface area is 164 Å². The molecule has 0 aliphatic heterocycles. The number of fused-ring (bicyclic) bond motifs is 1. The normalized spacial score (nSPS) is 12.5. The smallest absolute Gasteiger partial charge is 0.242 e. The molecule has 3 aromatic rings. The highest BCUT2D eigenvalue weighted by Gasteiger charge is 2.16. The fourth-order valence-electron chi connectivity index (χ4n) is 2.57. The standard InChI is InChI=1S/C18H23N7O2S/c1-19-18(21-13-17-23-22-16-6-4-5-11-25(16)17)20-12-14-7-9-15(10-8-14)28(26,27)24(2)3/h4-11H,12-13H2,1-3H3,(H2,19,20,21). The summed E-state index contributed by atoms with van der Waals surface area (Å²) in [4.78, 5) is 4.46. The maximum Gasteiger partial charge on any atom is 0.242 e. The minimum absolute atomic E-state index is 0.266. The molecule has 0 unspecified atom stereocenters. The van der Waals surface area contributed by atoms with E-state index in [4.69, 9.17) is 0 Å². The number of pyridine rings is 1. The van der Waals surface area contributed by atoms with Gasteiger partial charge in [-0.05, 0) is 29.8 Å².